The van der Waals surface area contributed by atoms with E-state index in [0.29, 0.717) is 0 Å². The van der Waals surface area contributed by atoms with E-state index in [-0.39, 0.29) is 6.04 Å². The Morgan fingerprint density at radius 2 is 2.12 bits per heavy atom. The molecule has 4 heteroatoms. The molecule has 1 aromatic heterocycles. The third kappa shape index (κ3) is 2.33. The number of hydrogen-bond acceptors (Lipinski definition) is 2. The number of aryl methyl sites for hydroxylation is 1. The van der Waals surface area contributed by atoms with Crippen LogP contribution < -0.4 is 5.73 Å². The van der Waals surface area contributed by atoms with Gasteiger partial charge in [0.15, 0.2) is 0 Å². The van der Waals surface area contributed by atoms with Crippen LogP contribution in [0.4, 0.5) is 0 Å². The summed E-state index contributed by atoms with van der Waals surface area (Å²) in [6, 6.07) is 7.88. The maximum absolute atomic E-state index is 6.19. The molecule has 1 unspecified atom stereocenters. The fourth-order valence-electron chi connectivity index (χ4n) is 1.54. The lowest BCUT2D eigenvalue weighted by atomic mass is 10.0. The maximum Gasteiger partial charge on any atom is 0.0661 e. The van der Waals surface area contributed by atoms with E-state index in [1.165, 1.54) is 5.56 Å². The molecule has 2 aromatic rings. The quantitative estimate of drug-likeness (QED) is 0.866. The Labute approximate surface area is 112 Å². The highest BCUT2D eigenvalue weighted by Gasteiger charge is 2.14. The van der Waals surface area contributed by atoms with Crippen LogP contribution in [0.5, 0.6) is 0 Å². The van der Waals surface area contributed by atoms with Crippen molar-refractivity contribution in [3.05, 3.63) is 55.1 Å². The van der Waals surface area contributed by atoms with Gasteiger partial charge in [0.05, 0.1) is 11.1 Å². The molecule has 0 saturated carbocycles. The largest absolute Gasteiger partial charge is 0.320 e. The molecule has 0 amide bonds. The van der Waals surface area contributed by atoms with E-state index in [2.05, 4.69) is 28.9 Å². The Morgan fingerprint density at radius 3 is 2.69 bits per heavy atom. The lowest BCUT2D eigenvalue weighted by Crippen LogP contribution is -2.10. The fourth-order valence-corrected chi connectivity index (χ4v) is 2.99. The molecule has 84 valence electrons. The number of benzene rings is 1. The molecular weight excluding hydrogens is 306 g/mol. The molecule has 2 rings (SSSR count). The summed E-state index contributed by atoms with van der Waals surface area (Å²) in [6.07, 6.45) is 0. The van der Waals surface area contributed by atoms with Crippen molar-refractivity contribution in [3.63, 3.8) is 0 Å². The van der Waals surface area contributed by atoms with Crippen LogP contribution >= 0.6 is 38.9 Å². The smallest absolute Gasteiger partial charge is 0.0661 e. The van der Waals surface area contributed by atoms with Gasteiger partial charge in [-0.2, -0.15) is 0 Å². The topological polar surface area (TPSA) is 26.0 Å². The zero-order valence-corrected chi connectivity index (χ0v) is 11.9. The highest BCUT2D eigenvalue weighted by atomic mass is 79.9. The van der Waals surface area contributed by atoms with Crippen molar-refractivity contribution in [2.24, 2.45) is 5.73 Å². The number of halogens is 2. The minimum absolute atomic E-state index is 0.140. The van der Waals surface area contributed by atoms with Gasteiger partial charge in [-0.05, 0) is 35.6 Å². The first kappa shape index (κ1) is 12.1. The second kappa shape index (κ2) is 4.88. The van der Waals surface area contributed by atoms with Gasteiger partial charge in [0.2, 0.25) is 0 Å². The second-order valence-corrected chi connectivity index (χ2v) is 5.83. The zero-order valence-electron chi connectivity index (χ0n) is 8.71. The molecule has 1 atom stereocenters. The molecule has 0 aliphatic rings. The van der Waals surface area contributed by atoms with Crippen LogP contribution in [0.25, 0.3) is 0 Å². The van der Waals surface area contributed by atoms with Gasteiger partial charge in [0.1, 0.15) is 0 Å². The highest BCUT2D eigenvalue weighted by Crippen LogP contribution is 2.32. The molecule has 16 heavy (non-hydrogen) atoms. The maximum atomic E-state index is 6.19. The number of nitrogens with two attached hydrogens (primary N) is 1. The minimum atomic E-state index is -0.140. The first-order chi connectivity index (χ1) is 7.59. The van der Waals surface area contributed by atoms with Gasteiger partial charge in [-0.3, -0.25) is 0 Å². The van der Waals surface area contributed by atoms with Crippen LogP contribution in [0, 0.1) is 6.92 Å². The average Bonchev–Trinajstić information content (AvgIpc) is 2.67. The first-order valence-corrected chi connectivity index (χ1v) is 6.89. The van der Waals surface area contributed by atoms with E-state index in [1.54, 1.807) is 11.3 Å². The van der Waals surface area contributed by atoms with Crippen LogP contribution in [-0.4, -0.2) is 0 Å². The van der Waals surface area contributed by atoms with Crippen LogP contribution in [0.15, 0.2) is 34.1 Å². The van der Waals surface area contributed by atoms with Crippen molar-refractivity contribution >= 4 is 38.9 Å². The molecule has 0 spiro atoms. The third-order valence-corrected chi connectivity index (χ3v) is 4.80. The standard InChI is InChI=1S/C12H11BrClNS/c1-7-6-8(2-3-9(7)13)11(15)12-10(14)4-5-16-12/h2-6,11H,15H2,1H3. The normalized spacial score (nSPS) is 12.8. The summed E-state index contributed by atoms with van der Waals surface area (Å²) >= 11 is 11.1. The SMILES string of the molecule is Cc1cc(C(N)c2sccc2Cl)ccc1Br. The molecule has 2 N–H and O–H groups in total. The molecule has 0 radical (unpaired) electrons. The van der Waals surface area contributed by atoms with Crippen LogP contribution in [-0.2, 0) is 0 Å². The van der Waals surface area contributed by atoms with E-state index < -0.39 is 0 Å². The van der Waals surface area contributed by atoms with Crippen molar-refractivity contribution in [2.45, 2.75) is 13.0 Å². The average molecular weight is 317 g/mol. The number of thiophene rings is 1. The van der Waals surface area contributed by atoms with Gasteiger partial charge < -0.3 is 5.73 Å². The Morgan fingerprint density at radius 1 is 1.38 bits per heavy atom. The predicted molar refractivity (Wildman–Crippen MR) is 74.2 cm³/mol. The van der Waals surface area contributed by atoms with E-state index in [0.717, 1.165) is 19.9 Å². The van der Waals surface area contributed by atoms with Crippen molar-refractivity contribution < 1.29 is 0 Å². The van der Waals surface area contributed by atoms with Gasteiger partial charge in [0, 0.05) is 9.35 Å². The third-order valence-electron chi connectivity index (χ3n) is 2.47. The van der Waals surface area contributed by atoms with E-state index >= 15 is 0 Å². The molecule has 1 nitrogen and oxygen atoms in total. The summed E-state index contributed by atoms with van der Waals surface area (Å²) in [5, 5.41) is 2.71. The molecule has 1 aromatic carbocycles. The summed E-state index contributed by atoms with van der Waals surface area (Å²) in [6.45, 7) is 2.05. The Hall–Kier alpha value is -0.350. The van der Waals surface area contributed by atoms with Crippen molar-refractivity contribution in [2.75, 3.05) is 0 Å². The van der Waals surface area contributed by atoms with Crippen LogP contribution in [0.3, 0.4) is 0 Å². The number of rotatable bonds is 2. The Balaban J connectivity index is 2.38. The summed E-state index contributed by atoms with van der Waals surface area (Å²) in [5.41, 5.74) is 8.46. The minimum Gasteiger partial charge on any atom is -0.320 e. The van der Waals surface area contributed by atoms with Crippen molar-refractivity contribution in [1.82, 2.24) is 0 Å². The summed E-state index contributed by atoms with van der Waals surface area (Å²) < 4.78 is 1.10. The summed E-state index contributed by atoms with van der Waals surface area (Å²) in [7, 11) is 0. The highest BCUT2D eigenvalue weighted by molar-refractivity contribution is 9.10. The van der Waals surface area contributed by atoms with E-state index in [9.17, 15) is 0 Å². The van der Waals surface area contributed by atoms with Crippen molar-refractivity contribution in [1.29, 1.82) is 0 Å². The first-order valence-electron chi connectivity index (χ1n) is 4.84. The monoisotopic (exact) mass is 315 g/mol. The molecule has 1 heterocycles. The van der Waals surface area contributed by atoms with Crippen LogP contribution in [0.1, 0.15) is 22.0 Å². The van der Waals surface area contributed by atoms with E-state index in [4.69, 9.17) is 17.3 Å². The van der Waals surface area contributed by atoms with Gasteiger partial charge in [-0.1, -0.05) is 39.7 Å². The number of hydrogen-bond donors (Lipinski definition) is 1. The lowest BCUT2D eigenvalue weighted by molar-refractivity contribution is 0.891. The van der Waals surface area contributed by atoms with Gasteiger partial charge in [0.25, 0.3) is 0 Å². The van der Waals surface area contributed by atoms with Gasteiger partial charge in [-0.15, -0.1) is 11.3 Å². The summed E-state index contributed by atoms with van der Waals surface area (Å²) in [5.74, 6) is 0. The van der Waals surface area contributed by atoms with Crippen LogP contribution in [0.2, 0.25) is 5.02 Å². The predicted octanol–water partition coefficient (Wildman–Crippen LogP) is 4.52. The molecule has 0 aliphatic carbocycles. The second-order valence-electron chi connectivity index (χ2n) is 3.62. The Kier molecular flexibility index (Phi) is 3.70. The molecule has 0 saturated heterocycles. The van der Waals surface area contributed by atoms with Gasteiger partial charge in [-0.25, -0.2) is 0 Å². The molecule has 0 bridgehead atoms. The lowest BCUT2D eigenvalue weighted by Gasteiger charge is -2.12. The fraction of sp³-hybridized carbons (Fsp3) is 0.167. The van der Waals surface area contributed by atoms with Gasteiger partial charge >= 0.3 is 0 Å². The molecule has 0 aliphatic heterocycles. The van der Waals surface area contributed by atoms with Crippen molar-refractivity contribution in [3.8, 4) is 0 Å². The van der Waals surface area contributed by atoms with E-state index in [1.807, 2.05) is 23.6 Å². The summed E-state index contributed by atoms with van der Waals surface area (Å²) in [4.78, 5) is 1.02. The Bertz CT molecular complexity index is 509. The molecule has 0 fully saturated rings. The zero-order chi connectivity index (χ0) is 11.7. The molecular formula is C12H11BrClNS.